The van der Waals surface area contributed by atoms with Gasteiger partial charge in [0, 0.05) is 36.6 Å². The quantitative estimate of drug-likeness (QED) is 0.603. The van der Waals surface area contributed by atoms with Crippen LogP contribution in [-0.2, 0) is 0 Å². The van der Waals surface area contributed by atoms with Gasteiger partial charge in [0.15, 0.2) is 0 Å². The minimum absolute atomic E-state index is 0.0836. The smallest absolute Gasteiger partial charge is 0.315 e. The van der Waals surface area contributed by atoms with Crippen molar-refractivity contribution in [3.05, 3.63) is 0 Å². The van der Waals surface area contributed by atoms with Crippen LogP contribution >= 0.6 is 0 Å². The van der Waals surface area contributed by atoms with E-state index in [1.807, 2.05) is 6.92 Å². The van der Waals surface area contributed by atoms with Crippen molar-refractivity contribution in [3.63, 3.8) is 0 Å². The zero-order valence-corrected chi connectivity index (χ0v) is 15.0. The standard InChI is InChI=1S/C17H35N3O2/c1-13(2)20(14(3)4)11-7-10-18-16(22)19-15-8-6-9-17(15,5)12-21/h13-15,21H,6-12H2,1-5H3,(H2,18,19,22). The average molecular weight is 313 g/mol. The number of carbonyl (C=O) groups is 1. The lowest BCUT2D eigenvalue weighted by atomic mass is 9.86. The Kier molecular flexibility index (Phi) is 7.63. The van der Waals surface area contributed by atoms with Gasteiger partial charge in [-0.25, -0.2) is 4.79 Å². The molecule has 1 fully saturated rings. The minimum atomic E-state index is -0.163. The number of nitrogens with zero attached hydrogens (tertiary/aromatic N) is 1. The van der Waals surface area contributed by atoms with E-state index in [1.54, 1.807) is 0 Å². The van der Waals surface area contributed by atoms with E-state index in [1.165, 1.54) is 0 Å². The summed E-state index contributed by atoms with van der Waals surface area (Å²) in [5, 5.41) is 15.5. The van der Waals surface area contributed by atoms with E-state index in [0.29, 0.717) is 18.6 Å². The highest BCUT2D eigenvalue weighted by Gasteiger charge is 2.39. The SMILES string of the molecule is CC(C)N(CCCNC(=O)NC1CCCC1(C)CO)C(C)C. The van der Waals surface area contributed by atoms with Gasteiger partial charge in [-0.05, 0) is 47.0 Å². The van der Waals surface area contributed by atoms with Crippen LogP contribution in [0.2, 0.25) is 0 Å². The Morgan fingerprint density at radius 1 is 1.32 bits per heavy atom. The third-order valence-corrected chi connectivity index (χ3v) is 4.95. The lowest BCUT2D eigenvalue weighted by Gasteiger charge is -2.31. The molecule has 0 bridgehead atoms. The fourth-order valence-electron chi connectivity index (χ4n) is 3.45. The number of nitrogens with one attached hydrogen (secondary N) is 2. The number of amides is 2. The second-order valence-corrected chi connectivity index (χ2v) is 7.44. The maximum Gasteiger partial charge on any atom is 0.315 e. The molecular formula is C17H35N3O2. The molecule has 1 aliphatic carbocycles. The number of hydrogen-bond acceptors (Lipinski definition) is 3. The second kappa shape index (κ2) is 8.73. The van der Waals surface area contributed by atoms with E-state index in [4.69, 9.17) is 0 Å². The van der Waals surface area contributed by atoms with Crippen LogP contribution in [0.25, 0.3) is 0 Å². The molecule has 0 heterocycles. The van der Waals surface area contributed by atoms with Gasteiger partial charge in [-0.1, -0.05) is 13.3 Å². The fourth-order valence-corrected chi connectivity index (χ4v) is 3.45. The summed E-state index contributed by atoms with van der Waals surface area (Å²) < 4.78 is 0. The summed E-state index contributed by atoms with van der Waals surface area (Å²) >= 11 is 0. The van der Waals surface area contributed by atoms with Crippen molar-refractivity contribution < 1.29 is 9.90 Å². The van der Waals surface area contributed by atoms with Gasteiger partial charge in [-0.2, -0.15) is 0 Å². The summed E-state index contributed by atoms with van der Waals surface area (Å²) in [5.74, 6) is 0. The number of urea groups is 1. The summed E-state index contributed by atoms with van der Waals surface area (Å²) in [7, 11) is 0. The van der Waals surface area contributed by atoms with Gasteiger partial charge in [0.2, 0.25) is 0 Å². The first-order valence-electron chi connectivity index (χ1n) is 8.71. The van der Waals surface area contributed by atoms with Crippen molar-refractivity contribution >= 4 is 6.03 Å². The molecule has 130 valence electrons. The number of aliphatic hydroxyl groups is 1. The molecule has 0 aromatic carbocycles. The van der Waals surface area contributed by atoms with E-state index in [-0.39, 0.29) is 24.1 Å². The average Bonchev–Trinajstić information content (AvgIpc) is 2.79. The molecule has 1 saturated carbocycles. The normalized spacial score (nSPS) is 25.2. The molecule has 0 spiro atoms. The van der Waals surface area contributed by atoms with E-state index in [0.717, 1.165) is 32.2 Å². The summed E-state index contributed by atoms with van der Waals surface area (Å²) in [4.78, 5) is 14.4. The first-order valence-corrected chi connectivity index (χ1v) is 8.71. The zero-order chi connectivity index (χ0) is 16.8. The molecule has 5 nitrogen and oxygen atoms in total. The molecule has 0 aromatic heterocycles. The lowest BCUT2D eigenvalue weighted by molar-refractivity contribution is 0.121. The Morgan fingerprint density at radius 3 is 2.50 bits per heavy atom. The van der Waals surface area contributed by atoms with Crippen LogP contribution in [0.1, 0.15) is 60.3 Å². The molecular weight excluding hydrogens is 278 g/mol. The predicted octanol–water partition coefficient (Wildman–Crippen LogP) is 2.35. The van der Waals surface area contributed by atoms with Crippen LogP contribution in [-0.4, -0.2) is 53.9 Å². The molecule has 2 unspecified atom stereocenters. The lowest BCUT2D eigenvalue weighted by Crippen LogP contribution is -2.49. The van der Waals surface area contributed by atoms with Gasteiger partial charge in [-0.3, -0.25) is 4.90 Å². The van der Waals surface area contributed by atoms with Crippen LogP contribution in [0.4, 0.5) is 4.79 Å². The third-order valence-electron chi connectivity index (χ3n) is 4.95. The zero-order valence-electron chi connectivity index (χ0n) is 15.0. The topological polar surface area (TPSA) is 64.6 Å². The van der Waals surface area contributed by atoms with Gasteiger partial charge < -0.3 is 15.7 Å². The maximum atomic E-state index is 12.0. The third kappa shape index (κ3) is 5.43. The largest absolute Gasteiger partial charge is 0.396 e. The van der Waals surface area contributed by atoms with Gasteiger partial charge in [0.1, 0.15) is 0 Å². The van der Waals surface area contributed by atoms with Crippen LogP contribution < -0.4 is 10.6 Å². The van der Waals surface area contributed by atoms with Crippen molar-refractivity contribution in [3.8, 4) is 0 Å². The Bertz CT molecular complexity index is 339. The molecule has 3 N–H and O–H groups in total. The van der Waals surface area contributed by atoms with Gasteiger partial charge in [0.25, 0.3) is 0 Å². The number of carbonyl (C=O) groups excluding carboxylic acids is 1. The van der Waals surface area contributed by atoms with E-state index >= 15 is 0 Å². The first kappa shape index (κ1) is 19.2. The van der Waals surface area contributed by atoms with E-state index in [2.05, 4.69) is 43.2 Å². The highest BCUT2D eigenvalue weighted by molar-refractivity contribution is 5.74. The number of hydrogen-bond donors (Lipinski definition) is 3. The van der Waals surface area contributed by atoms with Crippen LogP contribution in [0.5, 0.6) is 0 Å². The number of aliphatic hydroxyl groups excluding tert-OH is 1. The molecule has 2 atom stereocenters. The fraction of sp³-hybridized carbons (Fsp3) is 0.941. The minimum Gasteiger partial charge on any atom is -0.396 e. The molecule has 0 aliphatic heterocycles. The van der Waals surface area contributed by atoms with Crippen LogP contribution in [0, 0.1) is 5.41 Å². The number of rotatable bonds is 8. The second-order valence-electron chi connectivity index (χ2n) is 7.44. The van der Waals surface area contributed by atoms with E-state index < -0.39 is 0 Å². The van der Waals surface area contributed by atoms with Gasteiger partial charge in [-0.15, -0.1) is 0 Å². The molecule has 2 amide bonds. The van der Waals surface area contributed by atoms with Crippen molar-refractivity contribution in [2.24, 2.45) is 5.41 Å². The Hall–Kier alpha value is -0.810. The van der Waals surface area contributed by atoms with Crippen molar-refractivity contribution in [2.45, 2.75) is 78.4 Å². The van der Waals surface area contributed by atoms with E-state index in [9.17, 15) is 9.90 Å². The molecule has 1 rings (SSSR count). The monoisotopic (exact) mass is 313 g/mol. The summed E-state index contributed by atoms with van der Waals surface area (Å²) in [6.07, 6.45) is 3.95. The summed E-state index contributed by atoms with van der Waals surface area (Å²) in [6.45, 7) is 12.7. The molecule has 22 heavy (non-hydrogen) atoms. The Balaban J connectivity index is 2.26. The van der Waals surface area contributed by atoms with Crippen LogP contribution in [0.3, 0.4) is 0 Å². The molecule has 1 aliphatic rings. The predicted molar refractivity (Wildman–Crippen MR) is 91.0 cm³/mol. The van der Waals surface area contributed by atoms with Crippen molar-refractivity contribution in [1.29, 1.82) is 0 Å². The van der Waals surface area contributed by atoms with Crippen LogP contribution in [0.15, 0.2) is 0 Å². The molecule has 0 saturated heterocycles. The van der Waals surface area contributed by atoms with Gasteiger partial charge >= 0.3 is 6.03 Å². The van der Waals surface area contributed by atoms with Gasteiger partial charge in [0.05, 0.1) is 6.61 Å². The molecule has 0 radical (unpaired) electrons. The molecule has 5 heteroatoms. The molecule has 0 aromatic rings. The van der Waals surface area contributed by atoms with Crippen molar-refractivity contribution in [1.82, 2.24) is 15.5 Å². The highest BCUT2D eigenvalue weighted by Crippen LogP contribution is 2.37. The Labute approximate surface area is 135 Å². The maximum absolute atomic E-state index is 12.0. The summed E-state index contributed by atoms with van der Waals surface area (Å²) in [6, 6.07) is 1.03. The summed E-state index contributed by atoms with van der Waals surface area (Å²) in [5.41, 5.74) is -0.163. The Morgan fingerprint density at radius 2 is 1.95 bits per heavy atom. The first-order chi connectivity index (χ1) is 10.3. The van der Waals surface area contributed by atoms with Crippen molar-refractivity contribution in [2.75, 3.05) is 19.7 Å². The highest BCUT2D eigenvalue weighted by atomic mass is 16.3.